The normalized spacial score (nSPS) is 11.3. The molecule has 0 spiro atoms. The lowest BCUT2D eigenvalue weighted by Gasteiger charge is -2.09. The van der Waals surface area contributed by atoms with Gasteiger partial charge in [0.15, 0.2) is 6.73 Å². The van der Waals surface area contributed by atoms with Crippen LogP contribution in [0.5, 0.6) is 0 Å². The minimum Gasteiger partial charge on any atom is -0.439 e. The van der Waals surface area contributed by atoms with Crippen LogP contribution >= 0.6 is 15.9 Å². The van der Waals surface area contributed by atoms with Crippen molar-refractivity contribution in [3.05, 3.63) is 93.2 Å². The zero-order valence-electron chi connectivity index (χ0n) is 16.3. The summed E-state index contributed by atoms with van der Waals surface area (Å²) in [5.41, 5.74) is 0.474. The van der Waals surface area contributed by atoms with Crippen LogP contribution in [0.1, 0.15) is 10.4 Å². The van der Waals surface area contributed by atoms with E-state index in [1.165, 1.54) is 36.4 Å². The molecule has 1 heterocycles. The van der Waals surface area contributed by atoms with E-state index in [1.54, 1.807) is 36.4 Å². The van der Waals surface area contributed by atoms with E-state index in [1.807, 2.05) is 0 Å². The van der Waals surface area contributed by atoms with E-state index in [4.69, 9.17) is 4.74 Å². The van der Waals surface area contributed by atoms with Crippen molar-refractivity contribution in [3.63, 3.8) is 0 Å². The van der Waals surface area contributed by atoms with Crippen molar-refractivity contribution in [2.24, 2.45) is 0 Å². The monoisotopic (exact) mass is 514 g/mol. The Morgan fingerprint density at radius 1 is 1.00 bits per heavy atom. The Balaban J connectivity index is 1.43. The van der Waals surface area contributed by atoms with Gasteiger partial charge in [0.2, 0.25) is 0 Å². The molecule has 32 heavy (non-hydrogen) atoms. The Morgan fingerprint density at radius 3 is 2.41 bits per heavy atom. The SMILES string of the molecule is O=C(OCn1nnc2ccccc2c1=O)c1ccc(NS(=O)(=O)c2ccc(Br)cc2)cc1. The first-order valence-corrected chi connectivity index (χ1v) is 11.5. The third-order valence-electron chi connectivity index (χ3n) is 4.44. The summed E-state index contributed by atoms with van der Waals surface area (Å²) in [5.74, 6) is -0.700. The molecule has 0 unspecified atom stereocenters. The standard InChI is InChI=1S/C21H15BrN4O5S/c22-15-7-11-17(12-8-15)32(29,30)24-16-9-5-14(6-10-16)21(28)31-13-26-20(27)18-3-1-2-4-19(18)23-25-26/h1-12,24H,13H2. The summed E-state index contributed by atoms with van der Waals surface area (Å²) >= 11 is 3.26. The molecule has 0 fully saturated rings. The third-order valence-corrected chi connectivity index (χ3v) is 6.37. The second-order valence-electron chi connectivity index (χ2n) is 6.61. The molecular weight excluding hydrogens is 500 g/mol. The highest BCUT2D eigenvalue weighted by Gasteiger charge is 2.15. The molecule has 0 saturated heterocycles. The molecule has 0 aliphatic carbocycles. The maximum absolute atomic E-state index is 12.5. The second-order valence-corrected chi connectivity index (χ2v) is 9.21. The molecule has 0 amide bonds. The number of sulfonamides is 1. The van der Waals surface area contributed by atoms with Crippen LogP contribution in [0, 0.1) is 0 Å². The molecule has 11 heteroatoms. The lowest BCUT2D eigenvalue weighted by Crippen LogP contribution is -2.26. The number of hydrogen-bond acceptors (Lipinski definition) is 7. The summed E-state index contributed by atoms with van der Waals surface area (Å²) in [6.07, 6.45) is 0. The van der Waals surface area contributed by atoms with Gasteiger partial charge in [-0.2, -0.15) is 4.68 Å². The van der Waals surface area contributed by atoms with Crippen molar-refractivity contribution in [2.75, 3.05) is 4.72 Å². The Labute approximate surface area is 190 Å². The van der Waals surface area contributed by atoms with Crippen LogP contribution < -0.4 is 10.3 Å². The first-order valence-electron chi connectivity index (χ1n) is 9.22. The summed E-state index contributed by atoms with van der Waals surface area (Å²) in [6.45, 7) is -0.409. The Morgan fingerprint density at radius 2 is 1.69 bits per heavy atom. The molecule has 0 radical (unpaired) electrons. The average Bonchev–Trinajstić information content (AvgIpc) is 2.79. The fourth-order valence-corrected chi connectivity index (χ4v) is 4.14. The number of carbonyl (C=O) groups excluding carboxylic acids is 1. The van der Waals surface area contributed by atoms with Crippen LogP contribution in [-0.2, 0) is 21.5 Å². The van der Waals surface area contributed by atoms with Gasteiger partial charge in [-0.25, -0.2) is 13.2 Å². The van der Waals surface area contributed by atoms with Gasteiger partial charge in [-0.1, -0.05) is 33.3 Å². The van der Waals surface area contributed by atoms with Crippen molar-refractivity contribution in [3.8, 4) is 0 Å². The summed E-state index contributed by atoms with van der Waals surface area (Å²) < 4.78 is 34.2. The number of ether oxygens (including phenoxy) is 1. The fourth-order valence-electron chi connectivity index (χ4n) is 2.81. The van der Waals surface area contributed by atoms with Crippen molar-refractivity contribution in [1.82, 2.24) is 15.0 Å². The fraction of sp³-hybridized carbons (Fsp3) is 0.0476. The molecule has 0 bridgehead atoms. The molecule has 0 atom stereocenters. The van der Waals surface area contributed by atoms with E-state index in [-0.39, 0.29) is 16.1 Å². The number of anilines is 1. The highest BCUT2D eigenvalue weighted by atomic mass is 79.9. The highest BCUT2D eigenvalue weighted by molar-refractivity contribution is 9.10. The average molecular weight is 515 g/mol. The predicted octanol–water partition coefficient (Wildman–Crippen LogP) is 3.17. The minimum absolute atomic E-state index is 0.103. The summed E-state index contributed by atoms with van der Waals surface area (Å²) in [6, 6.07) is 18.6. The van der Waals surface area contributed by atoms with Crippen LogP contribution in [0.25, 0.3) is 10.9 Å². The molecule has 0 saturated carbocycles. The Kier molecular flexibility index (Phi) is 6.01. The van der Waals surface area contributed by atoms with Gasteiger partial charge in [-0.05, 0) is 60.7 Å². The van der Waals surface area contributed by atoms with E-state index in [0.29, 0.717) is 10.9 Å². The molecule has 1 N–H and O–H groups in total. The summed E-state index contributed by atoms with van der Waals surface area (Å²) in [5, 5.41) is 8.04. The molecule has 4 aromatic rings. The Bertz CT molecular complexity index is 1450. The van der Waals surface area contributed by atoms with Gasteiger partial charge in [-0.3, -0.25) is 9.52 Å². The molecule has 0 aliphatic rings. The zero-order valence-corrected chi connectivity index (χ0v) is 18.7. The first-order chi connectivity index (χ1) is 15.3. The number of rotatable bonds is 6. The van der Waals surface area contributed by atoms with Gasteiger partial charge >= 0.3 is 5.97 Å². The van der Waals surface area contributed by atoms with Gasteiger partial charge in [0, 0.05) is 10.2 Å². The topological polar surface area (TPSA) is 120 Å². The van der Waals surface area contributed by atoms with Gasteiger partial charge in [-0.15, -0.1) is 5.10 Å². The van der Waals surface area contributed by atoms with Gasteiger partial charge in [0.25, 0.3) is 15.6 Å². The van der Waals surface area contributed by atoms with Crippen LogP contribution in [0.15, 0.2) is 87.0 Å². The highest BCUT2D eigenvalue weighted by Crippen LogP contribution is 2.19. The molecule has 3 aromatic carbocycles. The van der Waals surface area contributed by atoms with E-state index in [0.717, 1.165) is 9.15 Å². The van der Waals surface area contributed by atoms with Crippen LogP contribution in [0.4, 0.5) is 5.69 Å². The van der Waals surface area contributed by atoms with E-state index in [9.17, 15) is 18.0 Å². The summed E-state index contributed by atoms with van der Waals surface area (Å²) in [4.78, 5) is 24.8. The smallest absolute Gasteiger partial charge is 0.339 e. The van der Waals surface area contributed by atoms with Crippen molar-refractivity contribution >= 4 is 48.5 Å². The number of aromatic nitrogens is 3. The third kappa shape index (κ3) is 4.68. The van der Waals surface area contributed by atoms with E-state index in [2.05, 4.69) is 31.0 Å². The van der Waals surface area contributed by atoms with Gasteiger partial charge < -0.3 is 4.74 Å². The molecular formula is C21H15BrN4O5S. The maximum Gasteiger partial charge on any atom is 0.339 e. The van der Waals surface area contributed by atoms with Crippen LogP contribution in [-0.4, -0.2) is 29.4 Å². The molecule has 9 nitrogen and oxygen atoms in total. The number of benzene rings is 3. The second kappa shape index (κ2) is 8.89. The lowest BCUT2D eigenvalue weighted by molar-refractivity contribution is 0.0336. The number of halogens is 1. The number of esters is 1. The molecule has 4 rings (SSSR count). The van der Waals surface area contributed by atoms with Gasteiger partial charge in [0.05, 0.1) is 15.8 Å². The number of hydrogen-bond donors (Lipinski definition) is 1. The predicted molar refractivity (Wildman–Crippen MR) is 121 cm³/mol. The van der Waals surface area contributed by atoms with Crippen molar-refractivity contribution in [2.45, 2.75) is 11.6 Å². The lowest BCUT2D eigenvalue weighted by atomic mass is 10.2. The number of nitrogens with zero attached hydrogens (tertiary/aromatic N) is 3. The van der Waals surface area contributed by atoms with Gasteiger partial charge in [0.1, 0.15) is 5.52 Å². The quantitative estimate of drug-likeness (QED) is 0.392. The van der Waals surface area contributed by atoms with E-state index >= 15 is 0 Å². The van der Waals surface area contributed by atoms with Crippen molar-refractivity contribution < 1.29 is 17.9 Å². The number of fused-ring (bicyclic) bond motifs is 1. The van der Waals surface area contributed by atoms with Crippen LogP contribution in [0.3, 0.4) is 0 Å². The van der Waals surface area contributed by atoms with Crippen LogP contribution in [0.2, 0.25) is 0 Å². The largest absolute Gasteiger partial charge is 0.439 e. The maximum atomic E-state index is 12.5. The first kappa shape index (κ1) is 21.7. The molecule has 162 valence electrons. The minimum atomic E-state index is -3.77. The number of carbonyl (C=O) groups is 1. The van der Waals surface area contributed by atoms with E-state index < -0.39 is 28.3 Å². The Hall–Kier alpha value is -3.57. The number of nitrogens with one attached hydrogen (secondary N) is 1. The zero-order chi connectivity index (χ0) is 22.7. The molecule has 0 aliphatic heterocycles. The van der Waals surface area contributed by atoms with Crippen molar-refractivity contribution in [1.29, 1.82) is 0 Å². The summed E-state index contributed by atoms with van der Waals surface area (Å²) in [7, 11) is -3.77. The molecule has 1 aromatic heterocycles.